The number of fused-ring (bicyclic) bond motifs is 1. The monoisotopic (exact) mass is 288 g/mol. The lowest BCUT2D eigenvalue weighted by Crippen LogP contribution is -2.36. The van der Waals surface area contributed by atoms with E-state index in [1.54, 1.807) is 7.11 Å². The Hall–Kier alpha value is -1.55. The van der Waals surface area contributed by atoms with Crippen LogP contribution in [-0.2, 0) is 11.3 Å². The smallest absolute Gasteiger partial charge is 0.223 e. The molecule has 0 saturated heterocycles. The maximum absolute atomic E-state index is 11.9. The Morgan fingerprint density at radius 1 is 1.43 bits per heavy atom. The number of methoxy groups -OCH3 is 1. The molecule has 2 N–H and O–H groups in total. The Bertz CT molecular complexity index is 512. The summed E-state index contributed by atoms with van der Waals surface area (Å²) in [7, 11) is 1.71. The largest absolute Gasteiger partial charge is 0.497 e. The normalized spacial score (nSPS) is 21.3. The molecule has 21 heavy (non-hydrogen) atoms. The van der Waals surface area contributed by atoms with E-state index in [0.717, 1.165) is 44.6 Å². The van der Waals surface area contributed by atoms with Gasteiger partial charge in [0.1, 0.15) is 5.75 Å². The van der Waals surface area contributed by atoms with Crippen LogP contribution >= 0.6 is 0 Å². The third-order valence-corrected chi connectivity index (χ3v) is 4.77. The molecule has 4 heteroatoms. The quantitative estimate of drug-likeness (QED) is 0.873. The van der Waals surface area contributed by atoms with Crippen molar-refractivity contribution in [2.45, 2.75) is 38.1 Å². The Morgan fingerprint density at radius 3 is 3.00 bits per heavy atom. The summed E-state index contributed by atoms with van der Waals surface area (Å²) in [6.45, 7) is 2.65. The molecule has 1 aliphatic carbocycles. The van der Waals surface area contributed by atoms with Gasteiger partial charge in [-0.05, 0) is 48.4 Å². The number of hydrogen-bond acceptors (Lipinski definition) is 3. The molecule has 0 radical (unpaired) electrons. The molecule has 1 amide bonds. The molecule has 3 rings (SSSR count). The second-order valence-corrected chi connectivity index (χ2v) is 6.10. The van der Waals surface area contributed by atoms with Crippen LogP contribution in [-0.4, -0.2) is 26.1 Å². The second-order valence-electron chi connectivity index (χ2n) is 6.10. The lowest BCUT2D eigenvalue weighted by Gasteiger charge is -2.28. The average Bonchev–Trinajstić information content (AvgIpc) is 2.45. The number of carbonyl (C=O) groups excluding carboxylic acids is 1. The Kier molecular flexibility index (Phi) is 4.44. The molecular formula is C17H24N2O2. The fourth-order valence-corrected chi connectivity index (χ4v) is 3.17. The van der Waals surface area contributed by atoms with Crippen LogP contribution in [0.2, 0.25) is 0 Å². The molecule has 1 atom stereocenters. The standard InChI is InChI=1S/C17H24N2O2/c1-21-15-6-5-13-10-18-11-14(16(13)9-15)7-8-19-17(20)12-3-2-4-12/h5-6,9,12,14,18H,2-4,7-8,10-11H2,1H3,(H,19,20). The highest BCUT2D eigenvalue weighted by atomic mass is 16.5. The lowest BCUT2D eigenvalue weighted by molar-refractivity contribution is -0.127. The van der Waals surface area contributed by atoms with Crippen molar-refractivity contribution in [1.82, 2.24) is 10.6 Å². The minimum atomic E-state index is 0.246. The van der Waals surface area contributed by atoms with Crippen LogP contribution in [0.3, 0.4) is 0 Å². The maximum atomic E-state index is 11.9. The average molecular weight is 288 g/mol. The Labute approximate surface area is 126 Å². The third kappa shape index (κ3) is 3.21. The molecule has 4 nitrogen and oxygen atoms in total. The molecule has 2 aliphatic rings. The highest BCUT2D eigenvalue weighted by Crippen LogP contribution is 2.30. The minimum absolute atomic E-state index is 0.246. The van der Waals surface area contributed by atoms with Gasteiger partial charge in [-0.2, -0.15) is 0 Å². The number of nitrogens with one attached hydrogen (secondary N) is 2. The van der Waals surface area contributed by atoms with Crippen LogP contribution in [0.5, 0.6) is 5.75 Å². The molecule has 1 saturated carbocycles. The van der Waals surface area contributed by atoms with Crippen molar-refractivity contribution in [2.75, 3.05) is 20.2 Å². The van der Waals surface area contributed by atoms with Gasteiger partial charge in [-0.25, -0.2) is 0 Å². The van der Waals surface area contributed by atoms with Gasteiger partial charge in [0, 0.05) is 25.6 Å². The molecule has 1 unspecified atom stereocenters. The fourth-order valence-electron chi connectivity index (χ4n) is 3.17. The first-order valence-corrected chi connectivity index (χ1v) is 7.93. The van der Waals surface area contributed by atoms with E-state index in [0.29, 0.717) is 5.92 Å². The SMILES string of the molecule is COc1ccc2c(c1)C(CCNC(=O)C1CCC1)CNC2. The zero-order valence-corrected chi connectivity index (χ0v) is 12.7. The number of benzene rings is 1. The summed E-state index contributed by atoms with van der Waals surface area (Å²) in [5.74, 6) is 1.89. The summed E-state index contributed by atoms with van der Waals surface area (Å²) >= 11 is 0. The molecule has 1 aliphatic heterocycles. The van der Waals surface area contributed by atoms with E-state index < -0.39 is 0 Å². The van der Waals surface area contributed by atoms with Crippen LogP contribution in [0.4, 0.5) is 0 Å². The first-order chi connectivity index (χ1) is 10.3. The van der Waals surface area contributed by atoms with Crippen LogP contribution in [0.1, 0.15) is 42.7 Å². The molecule has 1 heterocycles. The van der Waals surface area contributed by atoms with Gasteiger partial charge in [0.15, 0.2) is 0 Å². The van der Waals surface area contributed by atoms with E-state index in [1.807, 2.05) is 6.07 Å². The summed E-state index contributed by atoms with van der Waals surface area (Å²) in [5.41, 5.74) is 2.71. The summed E-state index contributed by atoms with van der Waals surface area (Å²) in [6, 6.07) is 6.30. The van der Waals surface area contributed by atoms with Gasteiger partial charge in [0.05, 0.1) is 7.11 Å². The highest BCUT2D eigenvalue weighted by molar-refractivity contribution is 5.79. The van der Waals surface area contributed by atoms with Crippen molar-refractivity contribution >= 4 is 5.91 Å². The van der Waals surface area contributed by atoms with Crippen molar-refractivity contribution in [3.8, 4) is 5.75 Å². The molecule has 1 fully saturated rings. The summed E-state index contributed by atoms with van der Waals surface area (Å²) in [5, 5.41) is 6.55. The predicted octanol–water partition coefficient (Wildman–Crippen LogP) is 2.19. The Balaban J connectivity index is 1.58. The van der Waals surface area contributed by atoms with E-state index in [9.17, 15) is 4.79 Å². The zero-order chi connectivity index (χ0) is 14.7. The minimum Gasteiger partial charge on any atom is -0.497 e. The fraction of sp³-hybridized carbons (Fsp3) is 0.588. The van der Waals surface area contributed by atoms with Crippen molar-refractivity contribution in [2.24, 2.45) is 5.92 Å². The van der Waals surface area contributed by atoms with E-state index in [2.05, 4.69) is 22.8 Å². The number of rotatable bonds is 5. The highest BCUT2D eigenvalue weighted by Gasteiger charge is 2.25. The van der Waals surface area contributed by atoms with E-state index in [-0.39, 0.29) is 11.8 Å². The number of carbonyl (C=O) groups is 1. The van der Waals surface area contributed by atoms with E-state index in [4.69, 9.17) is 4.74 Å². The van der Waals surface area contributed by atoms with Crippen LogP contribution in [0.15, 0.2) is 18.2 Å². The van der Waals surface area contributed by atoms with Crippen molar-refractivity contribution in [3.05, 3.63) is 29.3 Å². The van der Waals surface area contributed by atoms with Crippen molar-refractivity contribution in [1.29, 1.82) is 0 Å². The van der Waals surface area contributed by atoms with Gasteiger partial charge >= 0.3 is 0 Å². The van der Waals surface area contributed by atoms with Gasteiger partial charge in [-0.15, -0.1) is 0 Å². The van der Waals surface area contributed by atoms with Gasteiger partial charge in [0.2, 0.25) is 5.91 Å². The van der Waals surface area contributed by atoms with E-state index >= 15 is 0 Å². The molecule has 0 spiro atoms. The summed E-state index contributed by atoms with van der Waals surface area (Å²) in [4.78, 5) is 11.9. The summed E-state index contributed by atoms with van der Waals surface area (Å²) < 4.78 is 5.33. The molecular weight excluding hydrogens is 264 g/mol. The molecule has 0 aromatic heterocycles. The van der Waals surface area contributed by atoms with Gasteiger partial charge < -0.3 is 15.4 Å². The van der Waals surface area contributed by atoms with Crippen LogP contribution < -0.4 is 15.4 Å². The molecule has 114 valence electrons. The molecule has 1 aromatic rings. The number of hydrogen-bond donors (Lipinski definition) is 2. The molecule has 0 bridgehead atoms. The predicted molar refractivity (Wildman–Crippen MR) is 82.4 cm³/mol. The van der Waals surface area contributed by atoms with Gasteiger partial charge in [-0.1, -0.05) is 12.5 Å². The van der Waals surface area contributed by atoms with Crippen LogP contribution in [0, 0.1) is 5.92 Å². The first-order valence-electron chi connectivity index (χ1n) is 7.93. The van der Waals surface area contributed by atoms with E-state index in [1.165, 1.54) is 17.5 Å². The van der Waals surface area contributed by atoms with Crippen LogP contribution in [0.25, 0.3) is 0 Å². The van der Waals surface area contributed by atoms with Gasteiger partial charge in [-0.3, -0.25) is 4.79 Å². The first kappa shape index (κ1) is 14.4. The molecule has 1 aromatic carbocycles. The van der Waals surface area contributed by atoms with Gasteiger partial charge in [0.25, 0.3) is 0 Å². The Morgan fingerprint density at radius 2 is 2.29 bits per heavy atom. The lowest BCUT2D eigenvalue weighted by atomic mass is 9.84. The number of amides is 1. The second kappa shape index (κ2) is 6.48. The van der Waals surface area contributed by atoms with Crippen molar-refractivity contribution < 1.29 is 9.53 Å². The third-order valence-electron chi connectivity index (χ3n) is 4.77. The maximum Gasteiger partial charge on any atom is 0.223 e. The summed E-state index contributed by atoms with van der Waals surface area (Å²) in [6.07, 6.45) is 4.32. The van der Waals surface area contributed by atoms with Crippen molar-refractivity contribution in [3.63, 3.8) is 0 Å². The zero-order valence-electron chi connectivity index (χ0n) is 12.7. The topological polar surface area (TPSA) is 50.4 Å². The number of ether oxygens (including phenoxy) is 1.